The molecule has 0 unspecified atom stereocenters. The van der Waals surface area contributed by atoms with Crippen LogP contribution in [0.5, 0.6) is 0 Å². The fourth-order valence-electron chi connectivity index (χ4n) is 2.38. The number of imidazole rings is 1. The number of morpholine rings is 1. The van der Waals surface area contributed by atoms with Crippen molar-refractivity contribution < 1.29 is 4.74 Å². The second-order valence-corrected chi connectivity index (χ2v) is 5.77. The molecular weight excluding hydrogens is 270 g/mol. The number of fused-ring (bicyclic) bond motifs is 1. The zero-order valence-electron chi connectivity index (χ0n) is 11.5. The van der Waals surface area contributed by atoms with Crippen LogP contribution < -0.4 is 0 Å². The first-order valence-corrected chi connectivity index (χ1v) is 7.86. The van der Waals surface area contributed by atoms with Crippen LogP contribution in [-0.4, -0.2) is 46.5 Å². The number of rotatable bonds is 5. The van der Waals surface area contributed by atoms with Crippen molar-refractivity contribution in [2.24, 2.45) is 0 Å². The molecule has 5 heteroatoms. The Balaban J connectivity index is 1.90. The van der Waals surface area contributed by atoms with Crippen LogP contribution in [0.4, 0.5) is 0 Å². The van der Waals surface area contributed by atoms with Gasteiger partial charge in [0, 0.05) is 18.8 Å². The lowest BCUT2D eigenvalue weighted by Gasteiger charge is -2.27. The Bertz CT molecular complexity index is 590. The van der Waals surface area contributed by atoms with Crippen LogP contribution in [0.2, 0.25) is 0 Å². The summed E-state index contributed by atoms with van der Waals surface area (Å²) in [6.45, 7) is 8.28. The number of aromatic nitrogens is 2. The van der Waals surface area contributed by atoms with E-state index in [-0.39, 0.29) is 0 Å². The number of thioether (sulfide) groups is 1. The molecule has 1 aromatic heterocycles. The maximum absolute atomic E-state index is 5.42. The summed E-state index contributed by atoms with van der Waals surface area (Å²) in [5.74, 6) is 0.881. The minimum Gasteiger partial charge on any atom is -0.379 e. The average Bonchev–Trinajstić information content (AvgIpc) is 2.84. The molecule has 1 aliphatic rings. The zero-order chi connectivity index (χ0) is 13.8. The summed E-state index contributed by atoms with van der Waals surface area (Å²) in [7, 11) is 0. The Labute approximate surface area is 123 Å². The third kappa shape index (κ3) is 2.90. The average molecular weight is 289 g/mol. The van der Waals surface area contributed by atoms with E-state index in [9.17, 15) is 0 Å². The highest BCUT2D eigenvalue weighted by molar-refractivity contribution is 7.99. The van der Waals surface area contributed by atoms with Crippen molar-refractivity contribution in [2.75, 3.05) is 32.1 Å². The molecule has 1 aromatic carbocycles. The van der Waals surface area contributed by atoms with Gasteiger partial charge in [-0.1, -0.05) is 30.0 Å². The van der Waals surface area contributed by atoms with Gasteiger partial charge in [0.25, 0.3) is 0 Å². The predicted molar refractivity (Wildman–Crippen MR) is 83.0 cm³/mol. The molecule has 0 aliphatic carbocycles. The smallest absolute Gasteiger partial charge is 0.170 e. The topological polar surface area (TPSA) is 30.3 Å². The minimum absolute atomic E-state index is 0.821. The molecule has 0 radical (unpaired) electrons. The largest absolute Gasteiger partial charge is 0.379 e. The first-order valence-electron chi connectivity index (χ1n) is 6.87. The van der Waals surface area contributed by atoms with Crippen molar-refractivity contribution in [1.82, 2.24) is 14.5 Å². The first-order chi connectivity index (χ1) is 9.88. The van der Waals surface area contributed by atoms with Crippen LogP contribution in [-0.2, 0) is 11.4 Å². The molecule has 0 atom stereocenters. The Hall–Kier alpha value is -1.30. The minimum atomic E-state index is 0.821. The molecule has 2 aromatic rings. The maximum Gasteiger partial charge on any atom is 0.170 e. The van der Waals surface area contributed by atoms with Crippen LogP contribution in [0.25, 0.3) is 11.0 Å². The monoisotopic (exact) mass is 289 g/mol. The fraction of sp³-hybridized carbons (Fsp3) is 0.400. The van der Waals surface area contributed by atoms with E-state index < -0.39 is 0 Å². The van der Waals surface area contributed by atoms with Gasteiger partial charge in [0.1, 0.15) is 0 Å². The van der Waals surface area contributed by atoms with Gasteiger partial charge < -0.3 is 9.30 Å². The number of para-hydroxylation sites is 2. The van der Waals surface area contributed by atoms with Crippen molar-refractivity contribution in [2.45, 2.75) is 11.8 Å². The van der Waals surface area contributed by atoms with Gasteiger partial charge in [0.05, 0.1) is 30.9 Å². The molecule has 0 saturated carbocycles. The molecule has 0 bridgehead atoms. The third-order valence-corrected chi connectivity index (χ3v) is 4.37. The highest BCUT2D eigenvalue weighted by Gasteiger charge is 2.15. The number of hydrogen-bond acceptors (Lipinski definition) is 4. The van der Waals surface area contributed by atoms with Gasteiger partial charge in [-0.2, -0.15) is 0 Å². The molecule has 0 N–H and O–H groups in total. The Morgan fingerprint density at radius 2 is 2.10 bits per heavy atom. The number of ether oxygens (including phenoxy) is 1. The van der Waals surface area contributed by atoms with Crippen molar-refractivity contribution in [3.63, 3.8) is 0 Å². The Morgan fingerprint density at radius 3 is 2.90 bits per heavy atom. The molecule has 106 valence electrons. The van der Waals surface area contributed by atoms with E-state index in [4.69, 9.17) is 9.72 Å². The van der Waals surface area contributed by atoms with Crippen molar-refractivity contribution in [3.8, 4) is 0 Å². The van der Waals surface area contributed by atoms with Crippen LogP contribution in [0.15, 0.2) is 42.1 Å². The van der Waals surface area contributed by atoms with Crippen molar-refractivity contribution in [1.29, 1.82) is 0 Å². The zero-order valence-corrected chi connectivity index (χ0v) is 12.3. The summed E-state index contributed by atoms with van der Waals surface area (Å²) in [5.41, 5.74) is 2.26. The molecule has 2 heterocycles. The second-order valence-electron chi connectivity index (χ2n) is 4.78. The number of nitrogens with zero attached hydrogens (tertiary/aromatic N) is 3. The summed E-state index contributed by atoms with van der Waals surface area (Å²) in [5, 5.41) is 1.07. The Morgan fingerprint density at radius 1 is 1.30 bits per heavy atom. The van der Waals surface area contributed by atoms with E-state index in [0.717, 1.165) is 49.4 Å². The fourth-order valence-corrected chi connectivity index (χ4v) is 3.12. The van der Waals surface area contributed by atoms with Crippen LogP contribution in [0.1, 0.15) is 0 Å². The molecule has 20 heavy (non-hydrogen) atoms. The van der Waals surface area contributed by atoms with E-state index in [2.05, 4.69) is 34.2 Å². The van der Waals surface area contributed by atoms with Gasteiger partial charge in [-0.25, -0.2) is 4.98 Å². The molecule has 0 amide bonds. The number of hydrogen-bond donors (Lipinski definition) is 0. The van der Waals surface area contributed by atoms with Crippen molar-refractivity contribution >= 4 is 22.8 Å². The predicted octanol–water partition coefficient (Wildman–Crippen LogP) is 2.60. The van der Waals surface area contributed by atoms with E-state index in [1.54, 1.807) is 11.8 Å². The maximum atomic E-state index is 5.42. The molecule has 1 saturated heterocycles. The third-order valence-electron chi connectivity index (χ3n) is 3.39. The highest BCUT2D eigenvalue weighted by atomic mass is 32.2. The van der Waals surface area contributed by atoms with E-state index in [1.165, 1.54) is 5.52 Å². The molecule has 0 spiro atoms. The SMILES string of the molecule is C=CCSc1nc2ccccc2n1CN1CCOCC1. The second kappa shape index (κ2) is 6.43. The molecule has 4 nitrogen and oxygen atoms in total. The van der Waals surface area contributed by atoms with Gasteiger partial charge in [0.15, 0.2) is 5.16 Å². The van der Waals surface area contributed by atoms with Crippen LogP contribution in [0.3, 0.4) is 0 Å². The van der Waals surface area contributed by atoms with Crippen molar-refractivity contribution in [3.05, 3.63) is 36.9 Å². The summed E-state index contributed by atoms with van der Waals surface area (Å²) in [4.78, 5) is 7.15. The van der Waals surface area contributed by atoms with Gasteiger partial charge in [-0.3, -0.25) is 4.90 Å². The standard InChI is InChI=1S/C15H19N3OS/c1-2-11-20-15-16-13-5-3-4-6-14(13)18(15)12-17-7-9-19-10-8-17/h2-6H,1,7-12H2. The molecule has 1 aliphatic heterocycles. The number of benzene rings is 1. The Kier molecular flexibility index (Phi) is 4.40. The normalized spacial score (nSPS) is 16.6. The summed E-state index contributed by atoms with van der Waals surface area (Å²) in [6.07, 6.45) is 1.92. The van der Waals surface area contributed by atoms with Crippen LogP contribution >= 0.6 is 11.8 Å². The summed E-state index contributed by atoms with van der Waals surface area (Å²) >= 11 is 1.74. The van der Waals surface area contributed by atoms with Crippen LogP contribution in [0, 0.1) is 0 Å². The van der Waals surface area contributed by atoms with Gasteiger partial charge >= 0.3 is 0 Å². The van der Waals surface area contributed by atoms with Gasteiger partial charge in [0.2, 0.25) is 0 Å². The lowest BCUT2D eigenvalue weighted by Crippen LogP contribution is -2.37. The lowest BCUT2D eigenvalue weighted by molar-refractivity contribution is 0.0227. The summed E-state index contributed by atoms with van der Waals surface area (Å²) < 4.78 is 7.72. The quantitative estimate of drug-likeness (QED) is 0.625. The van der Waals surface area contributed by atoms with E-state index in [1.807, 2.05) is 12.1 Å². The van der Waals surface area contributed by atoms with E-state index in [0.29, 0.717) is 0 Å². The van der Waals surface area contributed by atoms with Gasteiger partial charge in [-0.05, 0) is 12.1 Å². The summed E-state index contributed by atoms with van der Waals surface area (Å²) in [6, 6.07) is 8.32. The molecule has 1 fully saturated rings. The first kappa shape index (κ1) is 13.7. The highest BCUT2D eigenvalue weighted by Crippen LogP contribution is 2.24. The van der Waals surface area contributed by atoms with Gasteiger partial charge in [-0.15, -0.1) is 6.58 Å². The lowest BCUT2D eigenvalue weighted by atomic mass is 10.3. The molecular formula is C15H19N3OS. The molecule has 3 rings (SSSR count). The van der Waals surface area contributed by atoms with E-state index >= 15 is 0 Å².